The number of hydrogen-bond acceptors (Lipinski definition) is 2. The SMILES string of the molecule is CCNCc1cnn(Cc2cccc(F)c2F)c1C. The summed E-state index contributed by atoms with van der Waals surface area (Å²) in [6.07, 6.45) is 1.76. The average molecular weight is 265 g/mol. The third kappa shape index (κ3) is 2.98. The molecular formula is C14H17F2N3. The van der Waals surface area contributed by atoms with Gasteiger partial charge in [-0.1, -0.05) is 19.1 Å². The molecule has 0 aliphatic heterocycles. The van der Waals surface area contributed by atoms with E-state index in [2.05, 4.69) is 10.4 Å². The lowest BCUT2D eigenvalue weighted by molar-refractivity contribution is 0.491. The summed E-state index contributed by atoms with van der Waals surface area (Å²) in [4.78, 5) is 0. The van der Waals surface area contributed by atoms with Gasteiger partial charge in [0.05, 0.1) is 12.7 Å². The fraction of sp³-hybridized carbons (Fsp3) is 0.357. The number of aromatic nitrogens is 2. The first-order chi connectivity index (χ1) is 9.13. The molecule has 3 nitrogen and oxygen atoms in total. The largest absolute Gasteiger partial charge is 0.313 e. The summed E-state index contributed by atoms with van der Waals surface area (Å²) in [6.45, 7) is 5.80. The molecule has 0 spiro atoms. The molecule has 0 amide bonds. The Balaban J connectivity index is 2.19. The van der Waals surface area contributed by atoms with E-state index in [1.54, 1.807) is 16.9 Å². The van der Waals surface area contributed by atoms with Crippen LogP contribution >= 0.6 is 0 Å². The molecule has 0 radical (unpaired) electrons. The van der Waals surface area contributed by atoms with Gasteiger partial charge in [0.25, 0.3) is 0 Å². The zero-order chi connectivity index (χ0) is 13.8. The molecular weight excluding hydrogens is 248 g/mol. The Morgan fingerprint density at radius 3 is 2.79 bits per heavy atom. The number of nitrogens with one attached hydrogen (secondary N) is 1. The van der Waals surface area contributed by atoms with Crippen molar-refractivity contribution < 1.29 is 8.78 Å². The third-order valence-corrected chi connectivity index (χ3v) is 3.12. The number of hydrogen-bond donors (Lipinski definition) is 1. The lowest BCUT2D eigenvalue weighted by Gasteiger charge is -2.07. The van der Waals surface area contributed by atoms with Gasteiger partial charge in [0.1, 0.15) is 0 Å². The third-order valence-electron chi connectivity index (χ3n) is 3.12. The fourth-order valence-electron chi connectivity index (χ4n) is 1.91. The predicted octanol–water partition coefficient (Wildman–Crippen LogP) is 2.63. The highest BCUT2D eigenvalue weighted by Gasteiger charge is 2.11. The van der Waals surface area contributed by atoms with Crippen LogP contribution in [0.5, 0.6) is 0 Å². The molecule has 0 fully saturated rings. The second-order valence-corrected chi connectivity index (χ2v) is 4.41. The smallest absolute Gasteiger partial charge is 0.163 e. The first-order valence-electron chi connectivity index (χ1n) is 6.28. The van der Waals surface area contributed by atoms with Gasteiger partial charge in [-0.3, -0.25) is 4.68 Å². The van der Waals surface area contributed by atoms with Gasteiger partial charge in [0.2, 0.25) is 0 Å². The molecule has 0 aliphatic carbocycles. The minimum Gasteiger partial charge on any atom is -0.313 e. The molecule has 2 aromatic rings. The topological polar surface area (TPSA) is 29.9 Å². The number of nitrogens with zero attached hydrogens (tertiary/aromatic N) is 2. The van der Waals surface area contributed by atoms with Gasteiger partial charge in [-0.05, 0) is 19.5 Å². The van der Waals surface area contributed by atoms with Gasteiger partial charge >= 0.3 is 0 Å². The van der Waals surface area contributed by atoms with E-state index in [0.717, 1.165) is 30.4 Å². The molecule has 0 bridgehead atoms. The van der Waals surface area contributed by atoms with E-state index in [9.17, 15) is 8.78 Å². The lowest BCUT2D eigenvalue weighted by atomic mass is 10.2. The molecule has 0 saturated heterocycles. The molecule has 0 aliphatic rings. The highest BCUT2D eigenvalue weighted by molar-refractivity contribution is 5.22. The van der Waals surface area contributed by atoms with Gasteiger partial charge in [-0.25, -0.2) is 8.78 Å². The number of halogens is 2. The van der Waals surface area contributed by atoms with Crippen molar-refractivity contribution in [1.82, 2.24) is 15.1 Å². The van der Waals surface area contributed by atoms with Crippen molar-refractivity contribution in [2.45, 2.75) is 26.9 Å². The van der Waals surface area contributed by atoms with Crippen molar-refractivity contribution >= 4 is 0 Å². The van der Waals surface area contributed by atoms with E-state index in [4.69, 9.17) is 0 Å². The summed E-state index contributed by atoms with van der Waals surface area (Å²) in [5.74, 6) is -1.62. The van der Waals surface area contributed by atoms with Crippen LogP contribution in [0.25, 0.3) is 0 Å². The average Bonchev–Trinajstić information content (AvgIpc) is 2.74. The zero-order valence-electron chi connectivity index (χ0n) is 11.1. The zero-order valence-corrected chi connectivity index (χ0v) is 11.1. The van der Waals surface area contributed by atoms with Crippen molar-refractivity contribution in [2.75, 3.05) is 6.54 Å². The van der Waals surface area contributed by atoms with Crippen molar-refractivity contribution in [2.24, 2.45) is 0 Å². The summed E-state index contributed by atoms with van der Waals surface area (Å²) < 4.78 is 28.4. The molecule has 0 saturated carbocycles. The summed E-state index contributed by atoms with van der Waals surface area (Å²) in [7, 11) is 0. The first kappa shape index (κ1) is 13.7. The minimum atomic E-state index is -0.824. The monoisotopic (exact) mass is 265 g/mol. The van der Waals surface area contributed by atoms with Crippen LogP contribution in [0.15, 0.2) is 24.4 Å². The van der Waals surface area contributed by atoms with E-state index < -0.39 is 11.6 Å². The van der Waals surface area contributed by atoms with Crippen LogP contribution in [0.1, 0.15) is 23.7 Å². The van der Waals surface area contributed by atoms with E-state index in [1.807, 2.05) is 13.8 Å². The van der Waals surface area contributed by atoms with E-state index in [1.165, 1.54) is 6.07 Å². The highest BCUT2D eigenvalue weighted by atomic mass is 19.2. The van der Waals surface area contributed by atoms with E-state index >= 15 is 0 Å². The van der Waals surface area contributed by atoms with Gasteiger partial charge in [0.15, 0.2) is 11.6 Å². The quantitative estimate of drug-likeness (QED) is 0.900. The molecule has 2 rings (SSSR count). The van der Waals surface area contributed by atoms with Crippen molar-refractivity contribution in [3.05, 3.63) is 52.9 Å². The van der Waals surface area contributed by atoms with Crippen LogP contribution in [-0.4, -0.2) is 16.3 Å². The molecule has 1 heterocycles. The molecule has 0 atom stereocenters. The van der Waals surface area contributed by atoms with Gasteiger partial charge in [-0.2, -0.15) is 5.10 Å². The van der Waals surface area contributed by atoms with Crippen LogP contribution in [0.4, 0.5) is 8.78 Å². The Kier molecular flexibility index (Phi) is 4.27. The van der Waals surface area contributed by atoms with Crippen LogP contribution in [-0.2, 0) is 13.1 Å². The van der Waals surface area contributed by atoms with Gasteiger partial charge in [-0.15, -0.1) is 0 Å². The van der Waals surface area contributed by atoms with Crippen molar-refractivity contribution in [3.63, 3.8) is 0 Å². The van der Waals surface area contributed by atoms with E-state index in [0.29, 0.717) is 5.56 Å². The molecule has 0 unspecified atom stereocenters. The highest BCUT2D eigenvalue weighted by Crippen LogP contribution is 2.15. The second kappa shape index (κ2) is 5.93. The summed E-state index contributed by atoms with van der Waals surface area (Å²) in [6, 6.07) is 4.20. The fourth-order valence-corrected chi connectivity index (χ4v) is 1.91. The van der Waals surface area contributed by atoms with Crippen LogP contribution in [0, 0.1) is 18.6 Å². The van der Waals surface area contributed by atoms with Crippen molar-refractivity contribution in [3.8, 4) is 0 Å². The lowest BCUT2D eigenvalue weighted by Crippen LogP contribution is -2.13. The predicted molar refractivity (Wildman–Crippen MR) is 69.8 cm³/mol. The van der Waals surface area contributed by atoms with Gasteiger partial charge in [0, 0.05) is 23.4 Å². The number of rotatable bonds is 5. The Morgan fingerprint density at radius 1 is 1.26 bits per heavy atom. The summed E-state index contributed by atoms with van der Waals surface area (Å²) >= 11 is 0. The maximum atomic E-state index is 13.6. The van der Waals surface area contributed by atoms with Crippen LogP contribution in [0.3, 0.4) is 0 Å². The summed E-state index contributed by atoms with van der Waals surface area (Å²) in [5.41, 5.74) is 2.34. The van der Waals surface area contributed by atoms with Crippen LogP contribution < -0.4 is 5.32 Å². The molecule has 5 heteroatoms. The van der Waals surface area contributed by atoms with Crippen molar-refractivity contribution in [1.29, 1.82) is 0 Å². The standard InChI is InChI=1S/C14H17F2N3/c1-3-17-7-12-8-18-19(10(12)2)9-11-5-4-6-13(15)14(11)16/h4-6,8,17H,3,7,9H2,1-2H3. The normalized spacial score (nSPS) is 10.9. The summed E-state index contributed by atoms with van der Waals surface area (Å²) in [5, 5.41) is 7.44. The van der Waals surface area contributed by atoms with Crippen LogP contribution in [0.2, 0.25) is 0 Å². The molecule has 1 N–H and O–H groups in total. The first-order valence-corrected chi connectivity index (χ1v) is 6.28. The second-order valence-electron chi connectivity index (χ2n) is 4.41. The maximum absolute atomic E-state index is 13.6. The maximum Gasteiger partial charge on any atom is 0.163 e. The molecule has 19 heavy (non-hydrogen) atoms. The minimum absolute atomic E-state index is 0.238. The molecule has 102 valence electrons. The molecule has 1 aromatic carbocycles. The Bertz CT molecular complexity index is 564. The molecule has 1 aromatic heterocycles. The van der Waals surface area contributed by atoms with Gasteiger partial charge < -0.3 is 5.32 Å². The Hall–Kier alpha value is -1.75. The number of benzene rings is 1. The Labute approximate surface area is 111 Å². The van der Waals surface area contributed by atoms with E-state index in [-0.39, 0.29) is 6.54 Å². The Morgan fingerprint density at radius 2 is 2.05 bits per heavy atom.